The summed E-state index contributed by atoms with van der Waals surface area (Å²) in [6.07, 6.45) is 2.31. The molecule has 0 spiro atoms. The summed E-state index contributed by atoms with van der Waals surface area (Å²) in [5, 5.41) is 4.89. The van der Waals surface area contributed by atoms with Gasteiger partial charge in [0.2, 0.25) is 17.7 Å². The Morgan fingerprint density at radius 2 is 2.18 bits per heavy atom. The maximum atomic E-state index is 11.8. The lowest BCUT2D eigenvalue weighted by molar-refractivity contribution is -0.139. The van der Waals surface area contributed by atoms with E-state index in [4.69, 9.17) is 4.74 Å². The molecule has 2 rings (SSSR count). The van der Waals surface area contributed by atoms with E-state index in [1.165, 1.54) is 0 Å². The summed E-state index contributed by atoms with van der Waals surface area (Å²) in [7, 11) is 0. The van der Waals surface area contributed by atoms with Crippen molar-refractivity contribution in [3.8, 4) is 0 Å². The topological polar surface area (TPSA) is 84.5 Å². The van der Waals surface area contributed by atoms with Gasteiger partial charge in [0.05, 0.1) is 12.5 Å². The number of piperidine rings is 1. The lowest BCUT2D eigenvalue weighted by Crippen LogP contribution is -2.53. The highest BCUT2D eigenvalue weighted by Gasteiger charge is 2.30. The number of hydrogen-bond acceptors (Lipinski definition) is 4. The molecule has 2 N–H and O–H groups in total. The average molecular weight is 240 g/mol. The van der Waals surface area contributed by atoms with Crippen molar-refractivity contribution in [2.75, 3.05) is 13.2 Å². The first-order valence-electron chi connectivity index (χ1n) is 5.88. The minimum absolute atomic E-state index is 0.154. The van der Waals surface area contributed by atoms with Gasteiger partial charge in [-0.1, -0.05) is 0 Å². The second-order valence-electron chi connectivity index (χ2n) is 4.43. The fourth-order valence-corrected chi connectivity index (χ4v) is 2.07. The van der Waals surface area contributed by atoms with Crippen LogP contribution in [0.2, 0.25) is 0 Å². The Kier molecular flexibility index (Phi) is 3.73. The van der Waals surface area contributed by atoms with Crippen molar-refractivity contribution in [3.63, 3.8) is 0 Å². The standard InChI is InChI=1S/C11H16N2O4/c14-9-4-3-8(11(16)13-9)12-10(15)7-2-1-5-17-6-7/h7-8H,1-6H2,(H,12,15)(H,13,14,16). The maximum absolute atomic E-state index is 11.8. The molecular weight excluding hydrogens is 224 g/mol. The van der Waals surface area contributed by atoms with Crippen LogP contribution in [0.15, 0.2) is 0 Å². The fraction of sp³-hybridized carbons (Fsp3) is 0.727. The number of nitrogens with one attached hydrogen (secondary N) is 2. The molecule has 2 saturated heterocycles. The number of carbonyl (C=O) groups is 3. The lowest BCUT2D eigenvalue weighted by atomic mass is 9.99. The van der Waals surface area contributed by atoms with Crippen LogP contribution in [-0.4, -0.2) is 37.0 Å². The van der Waals surface area contributed by atoms with Gasteiger partial charge >= 0.3 is 0 Å². The van der Waals surface area contributed by atoms with E-state index in [0.717, 1.165) is 12.8 Å². The molecule has 0 aliphatic carbocycles. The van der Waals surface area contributed by atoms with Gasteiger partial charge in [-0.25, -0.2) is 0 Å². The Morgan fingerprint density at radius 1 is 1.35 bits per heavy atom. The molecule has 2 fully saturated rings. The molecule has 0 aromatic carbocycles. The fourth-order valence-electron chi connectivity index (χ4n) is 2.07. The van der Waals surface area contributed by atoms with Crippen LogP contribution in [0.1, 0.15) is 25.7 Å². The molecule has 6 nitrogen and oxygen atoms in total. The first-order chi connectivity index (χ1) is 8.16. The van der Waals surface area contributed by atoms with Gasteiger partial charge in [-0.05, 0) is 19.3 Å². The van der Waals surface area contributed by atoms with E-state index in [-0.39, 0.29) is 24.2 Å². The molecule has 6 heteroatoms. The second kappa shape index (κ2) is 5.27. The summed E-state index contributed by atoms with van der Waals surface area (Å²) in [5.41, 5.74) is 0. The molecule has 0 aromatic heterocycles. The van der Waals surface area contributed by atoms with Crippen LogP contribution in [0, 0.1) is 5.92 Å². The second-order valence-corrected chi connectivity index (χ2v) is 4.43. The van der Waals surface area contributed by atoms with Crippen molar-refractivity contribution in [3.05, 3.63) is 0 Å². The van der Waals surface area contributed by atoms with Gasteiger partial charge in [-0.2, -0.15) is 0 Å². The lowest BCUT2D eigenvalue weighted by Gasteiger charge is -2.26. The molecule has 94 valence electrons. The first kappa shape index (κ1) is 12.0. The first-order valence-corrected chi connectivity index (χ1v) is 5.88. The predicted octanol–water partition coefficient (Wildman–Crippen LogP) is -0.666. The monoisotopic (exact) mass is 240 g/mol. The van der Waals surface area contributed by atoms with Gasteiger partial charge in [-0.15, -0.1) is 0 Å². The maximum Gasteiger partial charge on any atom is 0.249 e. The molecule has 2 aliphatic rings. The van der Waals surface area contributed by atoms with Crippen LogP contribution in [0.3, 0.4) is 0 Å². The van der Waals surface area contributed by atoms with Gasteiger partial charge in [0, 0.05) is 13.0 Å². The van der Waals surface area contributed by atoms with Crippen LogP contribution in [0.25, 0.3) is 0 Å². The minimum atomic E-state index is -0.581. The number of hydrogen-bond donors (Lipinski definition) is 2. The number of rotatable bonds is 2. The molecule has 3 amide bonds. The van der Waals surface area contributed by atoms with E-state index >= 15 is 0 Å². The number of carbonyl (C=O) groups excluding carboxylic acids is 3. The van der Waals surface area contributed by atoms with Crippen molar-refractivity contribution in [1.29, 1.82) is 0 Å². The van der Waals surface area contributed by atoms with Crippen molar-refractivity contribution < 1.29 is 19.1 Å². The summed E-state index contributed by atoms with van der Waals surface area (Å²) in [4.78, 5) is 34.2. The SMILES string of the molecule is O=C1CCC(NC(=O)C2CCCOC2)C(=O)N1. The molecule has 2 unspecified atom stereocenters. The number of ether oxygens (including phenoxy) is 1. The summed E-state index contributed by atoms with van der Waals surface area (Å²) in [6, 6.07) is -0.581. The molecular formula is C11H16N2O4. The Morgan fingerprint density at radius 3 is 2.82 bits per heavy atom. The highest BCUT2D eigenvalue weighted by Crippen LogP contribution is 2.14. The van der Waals surface area contributed by atoms with Crippen molar-refractivity contribution in [2.45, 2.75) is 31.7 Å². The highest BCUT2D eigenvalue weighted by molar-refractivity contribution is 6.01. The highest BCUT2D eigenvalue weighted by atomic mass is 16.5. The Labute approximate surface area is 99.1 Å². The zero-order chi connectivity index (χ0) is 12.3. The van der Waals surface area contributed by atoms with Crippen LogP contribution in [-0.2, 0) is 19.1 Å². The Bertz CT molecular complexity index is 336. The smallest absolute Gasteiger partial charge is 0.249 e. The molecule has 2 heterocycles. The summed E-state index contributed by atoms with van der Waals surface area (Å²) < 4.78 is 5.22. The van der Waals surface area contributed by atoms with Crippen LogP contribution in [0.5, 0.6) is 0 Å². The van der Waals surface area contributed by atoms with Gasteiger partial charge in [0.15, 0.2) is 0 Å². The van der Waals surface area contributed by atoms with Crippen molar-refractivity contribution in [1.82, 2.24) is 10.6 Å². The van der Waals surface area contributed by atoms with E-state index in [1.54, 1.807) is 0 Å². The van der Waals surface area contributed by atoms with E-state index in [9.17, 15) is 14.4 Å². The van der Waals surface area contributed by atoms with Crippen molar-refractivity contribution >= 4 is 17.7 Å². The third kappa shape index (κ3) is 3.03. The van der Waals surface area contributed by atoms with Crippen LogP contribution in [0.4, 0.5) is 0 Å². The normalized spacial score (nSPS) is 29.6. The van der Waals surface area contributed by atoms with Gasteiger partial charge < -0.3 is 10.1 Å². The molecule has 0 aromatic rings. The van der Waals surface area contributed by atoms with Gasteiger partial charge in [-0.3, -0.25) is 19.7 Å². The van der Waals surface area contributed by atoms with Crippen LogP contribution < -0.4 is 10.6 Å². The quantitative estimate of drug-likeness (QED) is 0.627. The summed E-state index contributed by atoms with van der Waals surface area (Å²) in [6.45, 7) is 1.11. The zero-order valence-electron chi connectivity index (χ0n) is 9.53. The van der Waals surface area contributed by atoms with E-state index in [1.807, 2.05) is 0 Å². The average Bonchev–Trinajstić information content (AvgIpc) is 2.34. The summed E-state index contributed by atoms with van der Waals surface area (Å²) >= 11 is 0. The van der Waals surface area contributed by atoms with Gasteiger partial charge in [0.1, 0.15) is 6.04 Å². The minimum Gasteiger partial charge on any atom is -0.381 e. The zero-order valence-corrected chi connectivity index (χ0v) is 9.53. The summed E-state index contributed by atoms with van der Waals surface area (Å²) in [5.74, 6) is -1.01. The molecule has 2 aliphatic heterocycles. The van der Waals surface area contributed by atoms with Gasteiger partial charge in [0.25, 0.3) is 0 Å². The molecule has 0 saturated carbocycles. The largest absolute Gasteiger partial charge is 0.381 e. The van der Waals surface area contributed by atoms with E-state index < -0.39 is 11.9 Å². The molecule has 2 atom stereocenters. The van der Waals surface area contributed by atoms with Crippen LogP contribution >= 0.6 is 0 Å². The third-order valence-corrected chi connectivity index (χ3v) is 3.09. The number of amides is 3. The third-order valence-electron chi connectivity index (χ3n) is 3.09. The van der Waals surface area contributed by atoms with Crippen molar-refractivity contribution in [2.24, 2.45) is 5.92 Å². The predicted molar refractivity (Wildman–Crippen MR) is 57.9 cm³/mol. The Balaban J connectivity index is 1.85. The Hall–Kier alpha value is -1.43. The number of imide groups is 1. The molecule has 17 heavy (non-hydrogen) atoms. The molecule has 0 radical (unpaired) electrons. The van der Waals surface area contributed by atoms with E-state index in [2.05, 4.69) is 10.6 Å². The molecule has 0 bridgehead atoms. The van der Waals surface area contributed by atoms with E-state index in [0.29, 0.717) is 19.6 Å².